The zero-order valence-corrected chi connectivity index (χ0v) is 17.1. The summed E-state index contributed by atoms with van der Waals surface area (Å²) in [5.41, 5.74) is 5.62. The van der Waals surface area contributed by atoms with Crippen molar-refractivity contribution >= 4 is 33.6 Å². The topological polar surface area (TPSA) is 50.7 Å². The lowest BCUT2D eigenvalue weighted by Crippen LogP contribution is -2.06. The fourth-order valence-corrected chi connectivity index (χ4v) is 4.40. The quantitative estimate of drug-likeness (QED) is 0.458. The van der Waals surface area contributed by atoms with Crippen molar-refractivity contribution in [3.63, 3.8) is 0 Å². The molecule has 0 bridgehead atoms. The summed E-state index contributed by atoms with van der Waals surface area (Å²) in [6, 6.07) is 12.7. The van der Waals surface area contributed by atoms with E-state index >= 15 is 0 Å². The van der Waals surface area contributed by atoms with Crippen LogP contribution in [0.4, 0.5) is 10.9 Å². The first-order chi connectivity index (χ1) is 13.1. The molecule has 0 aliphatic rings. The van der Waals surface area contributed by atoms with E-state index in [1.165, 1.54) is 16.0 Å². The second-order valence-corrected chi connectivity index (χ2v) is 8.29. The van der Waals surface area contributed by atoms with Gasteiger partial charge in [0.1, 0.15) is 11.6 Å². The summed E-state index contributed by atoms with van der Waals surface area (Å²) in [6.45, 7) is 6.07. The van der Waals surface area contributed by atoms with E-state index in [0.29, 0.717) is 0 Å². The lowest BCUT2D eigenvalue weighted by molar-refractivity contribution is 0.964. The van der Waals surface area contributed by atoms with Gasteiger partial charge in [-0.2, -0.15) is 0 Å². The largest absolute Gasteiger partial charge is 0.316 e. The van der Waals surface area contributed by atoms with Gasteiger partial charge in [0.15, 0.2) is 5.13 Å². The van der Waals surface area contributed by atoms with Crippen molar-refractivity contribution in [2.24, 2.45) is 0 Å². The highest BCUT2D eigenvalue weighted by atomic mass is 32.1. The minimum atomic E-state index is 0.762. The van der Waals surface area contributed by atoms with Gasteiger partial charge in [0.2, 0.25) is 0 Å². The van der Waals surface area contributed by atoms with Crippen molar-refractivity contribution < 1.29 is 0 Å². The number of hydrogen-bond donors (Lipinski definition) is 1. The summed E-state index contributed by atoms with van der Waals surface area (Å²) in [4.78, 5) is 15.1. The molecule has 0 saturated carbocycles. The van der Waals surface area contributed by atoms with Crippen LogP contribution in [0.5, 0.6) is 0 Å². The smallest absolute Gasteiger partial charge is 0.188 e. The number of nitrogens with zero attached hydrogens (tertiary/aromatic N) is 3. The average Bonchev–Trinajstić information content (AvgIpc) is 3.31. The van der Waals surface area contributed by atoms with Crippen LogP contribution in [0.25, 0.3) is 10.6 Å². The normalized spacial score (nSPS) is 10.9. The van der Waals surface area contributed by atoms with E-state index in [4.69, 9.17) is 4.98 Å². The van der Waals surface area contributed by atoms with Gasteiger partial charge in [0.05, 0.1) is 10.6 Å². The summed E-state index contributed by atoms with van der Waals surface area (Å²) >= 11 is 3.29. The van der Waals surface area contributed by atoms with E-state index < -0.39 is 0 Å². The number of benzene rings is 1. The Bertz CT molecular complexity index is 1050. The zero-order valence-electron chi connectivity index (χ0n) is 15.5. The Labute approximate surface area is 167 Å². The van der Waals surface area contributed by atoms with Crippen LogP contribution in [-0.4, -0.2) is 15.0 Å². The fourth-order valence-electron chi connectivity index (χ4n) is 2.93. The Morgan fingerprint density at radius 1 is 0.926 bits per heavy atom. The average molecular weight is 393 g/mol. The van der Waals surface area contributed by atoms with E-state index in [0.717, 1.165) is 40.1 Å². The van der Waals surface area contributed by atoms with Gasteiger partial charge in [-0.1, -0.05) is 35.9 Å². The second-order valence-electron chi connectivity index (χ2n) is 6.49. The molecule has 0 fully saturated rings. The number of anilines is 2. The molecule has 3 heterocycles. The molecule has 0 atom stereocenters. The maximum absolute atomic E-state index is 4.72. The van der Waals surface area contributed by atoms with Crippen molar-refractivity contribution in [1.29, 1.82) is 0 Å². The highest BCUT2D eigenvalue weighted by molar-refractivity contribution is 7.16. The van der Waals surface area contributed by atoms with Crippen LogP contribution >= 0.6 is 22.7 Å². The zero-order chi connectivity index (χ0) is 18.8. The molecule has 4 nitrogen and oxygen atoms in total. The van der Waals surface area contributed by atoms with Crippen molar-refractivity contribution in [3.05, 3.63) is 75.4 Å². The third-order valence-electron chi connectivity index (χ3n) is 4.33. The van der Waals surface area contributed by atoms with E-state index in [-0.39, 0.29) is 0 Å². The summed E-state index contributed by atoms with van der Waals surface area (Å²) in [5, 5.41) is 8.42. The highest BCUT2D eigenvalue weighted by Gasteiger charge is 2.14. The predicted molar refractivity (Wildman–Crippen MR) is 114 cm³/mol. The molecular weight excluding hydrogens is 372 g/mol. The fraction of sp³-hybridized carbons (Fsp3) is 0.190. The van der Waals surface area contributed by atoms with Crippen LogP contribution in [-0.2, 0) is 6.42 Å². The van der Waals surface area contributed by atoms with Crippen molar-refractivity contribution in [3.8, 4) is 10.6 Å². The molecule has 3 aromatic heterocycles. The molecule has 4 rings (SSSR count). The van der Waals surface area contributed by atoms with Crippen LogP contribution in [0.15, 0.2) is 47.2 Å². The van der Waals surface area contributed by atoms with Gasteiger partial charge in [-0.05, 0) is 37.8 Å². The van der Waals surface area contributed by atoms with Crippen molar-refractivity contribution in [2.75, 3.05) is 5.32 Å². The number of thiophene rings is 1. The molecule has 27 heavy (non-hydrogen) atoms. The van der Waals surface area contributed by atoms with Crippen molar-refractivity contribution in [2.45, 2.75) is 27.2 Å². The molecule has 1 aromatic carbocycles. The molecular formula is C21H20N4S2. The van der Waals surface area contributed by atoms with Gasteiger partial charge in [-0.25, -0.2) is 15.0 Å². The third-order valence-corrected chi connectivity index (χ3v) is 5.98. The first kappa shape index (κ1) is 17.8. The minimum absolute atomic E-state index is 0.762. The number of thiazole rings is 1. The molecule has 0 spiro atoms. The summed E-state index contributed by atoms with van der Waals surface area (Å²) in [7, 11) is 0. The molecule has 0 aliphatic heterocycles. The lowest BCUT2D eigenvalue weighted by Gasteiger charge is -2.13. The molecule has 0 unspecified atom stereocenters. The van der Waals surface area contributed by atoms with Gasteiger partial charge >= 0.3 is 0 Å². The maximum Gasteiger partial charge on any atom is 0.188 e. The maximum atomic E-state index is 4.72. The third kappa shape index (κ3) is 4.07. The molecule has 0 saturated heterocycles. The first-order valence-corrected chi connectivity index (χ1v) is 10.5. The standard InChI is InChI=1S/C21H20N4S2/c1-13-6-8-16(9-7-13)11-17-14(2)22-15(3)23-20(17)25-21-24-18(12-27-21)19-5-4-10-26-19/h4-10,12H,11H2,1-3H3,(H,22,23,24,25). The molecule has 1 N–H and O–H groups in total. The van der Waals surface area contributed by atoms with Gasteiger partial charge in [-0.3, -0.25) is 0 Å². The number of nitrogens with one attached hydrogen (secondary N) is 1. The Morgan fingerprint density at radius 3 is 2.48 bits per heavy atom. The Hall–Kier alpha value is -2.57. The van der Waals surface area contributed by atoms with Crippen LogP contribution in [0.1, 0.15) is 28.2 Å². The first-order valence-electron chi connectivity index (χ1n) is 8.74. The number of hydrogen-bond acceptors (Lipinski definition) is 6. The summed E-state index contributed by atoms with van der Waals surface area (Å²) in [5.74, 6) is 1.60. The lowest BCUT2D eigenvalue weighted by atomic mass is 10.0. The minimum Gasteiger partial charge on any atom is -0.316 e. The SMILES string of the molecule is Cc1ccc(Cc2c(C)nc(C)nc2Nc2nc(-c3cccs3)cs2)cc1. The van der Waals surface area contributed by atoms with Crippen LogP contribution in [0, 0.1) is 20.8 Å². The summed E-state index contributed by atoms with van der Waals surface area (Å²) < 4.78 is 0. The van der Waals surface area contributed by atoms with Gasteiger partial charge in [0, 0.05) is 23.1 Å². The van der Waals surface area contributed by atoms with Gasteiger partial charge in [0.25, 0.3) is 0 Å². The van der Waals surface area contributed by atoms with Gasteiger partial charge in [-0.15, -0.1) is 22.7 Å². The van der Waals surface area contributed by atoms with E-state index in [1.807, 2.05) is 19.9 Å². The predicted octanol–water partition coefficient (Wildman–Crippen LogP) is 5.92. The van der Waals surface area contributed by atoms with E-state index in [9.17, 15) is 0 Å². The number of aryl methyl sites for hydroxylation is 3. The summed E-state index contributed by atoms with van der Waals surface area (Å²) in [6.07, 6.45) is 0.790. The van der Waals surface area contributed by atoms with E-state index in [2.05, 4.69) is 63.3 Å². The molecule has 136 valence electrons. The number of aromatic nitrogens is 3. The number of rotatable bonds is 5. The molecule has 6 heteroatoms. The van der Waals surface area contributed by atoms with Crippen LogP contribution < -0.4 is 5.32 Å². The second kappa shape index (κ2) is 7.58. The highest BCUT2D eigenvalue weighted by Crippen LogP contribution is 2.31. The van der Waals surface area contributed by atoms with Gasteiger partial charge < -0.3 is 5.32 Å². The monoisotopic (exact) mass is 392 g/mol. The Kier molecular flexibility index (Phi) is 5.01. The molecule has 0 radical (unpaired) electrons. The molecule has 0 aliphatic carbocycles. The van der Waals surface area contributed by atoms with E-state index in [1.54, 1.807) is 22.7 Å². The Morgan fingerprint density at radius 2 is 1.74 bits per heavy atom. The molecule has 4 aromatic rings. The Balaban J connectivity index is 1.64. The molecule has 0 amide bonds. The van der Waals surface area contributed by atoms with Crippen LogP contribution in [0.3, 0.4) is 0 Å². The van der Waals surface area contributed by atoms with Crippen molar-refractivity contribution in [1.82, 2.24) is 15.0 Å². The van der Waals surface area contributed by atoms with Crippen LogP contribution in [0.2, 0.25) is 0 Å².